The molecule has 2 N–H and O–H groups in total. The van der Waals surface area contributed by atoms with Crippen LogP contribution in [0.2, 0.25) is 0 Å². The van der Waals surface area contributed by atoms with E-state index in [9.17, 15) is 9.59 Å². The van der Waals surface area contributed by atoms with Gasteiger partial charge in [-0.1, -0.05) is 12.1 Å². The Bertz CT molecular complexity index is 656. The van der Waals surface area contributed by atoms with Gasteiger partial charge in [0, 0.05) is 9.26 Å². The number of ether oxygens (including phenoxy) is 1. The number of carbonyl (C=O) groups is 2. The predicted octanol–water partition coefficient (Wildman–Crippen LogP) is 2.88. The van der Waals surface area contributed by atoms with Crippen LogP contribution in [0.15, 0.2) is 48.5 Å². The van der Waals surface area contributed by atoms with Gasteiger partial charge in [-0.2, -0.15) is 0 Å². The maximum absolute atomic E-state index is 11.9. The van der Waals surface area contributed by atoms with Crippen molar-refractivity contribution < 1.29 is 14.3 Å². The van der Waals surface area contributed by atoms with E-state index in [1.807, 2.05) is 12.1 Å². The van der Waals surface area contributed by atoms with Gasteiger partial charge in [-0.15, -0.1) is 0 Å². The van der Waals surface area contributed by atoms with E-state index in [1.54, 1.807) is 36.4 Å². The number of halogens is 1. The van der Waals surface area contributed by atoms with Gasteiger partial charge >= 0.3 is 11.8 Å². The first kappa shape index (κ1) is 15.3. The van der Waals surface area contributed by atoms with Gasteiger partial charge in [0.1, 0.15) is 5.75 Å². The van der Waals surface area contributed by atoms with Crippen molar-refractivity contribution in [3.05, 3.63) is 52.1 Å². The van der Waals surface area contributed by atoms with E-state index >= 15 is 0 Å². The van der Waals surface area contributed by atoms with E-state index in [-0.39, 0.29) is 0 Å². The lowest BCUT2D eigenvalue weighted by Crippen LogP contribution is -2.29. The molecule has 0 heterocycles. The summed E-state index contributed by atoms with van der Waals surface area (Å²) < 4.78 is 6.16. The van der Waals surface area contributed by atoms with Crippen LogP contribution >= 0.6 is 22.6 Å². The molecule has 0 unspecified atom stereocenters. The van der Waals surface area contributed by atoms with Crippen LogP contribution in [0.5, 0.6) is 5.75 Å². The zero-order chi connectivity index (χ0) is 15.2. The van der Waals surface area contributed by atoms with Crippen LogP contribution in [0.25, 0.3) is 0 Å². The van der Waals surface area contributed by atoms with E-state index in [0.717, 1.165) is 3.57 Å². The summed E-state index contributed by atoms with van der Waals surface area (Å²) in [6.07, 6.45) is 0. The van der Waals surface area contributed by atoms with E-state index in [4.69, 9.17) is 4.74 Å². The molecule has 108 valence electrons. The SMILES string of the molecule is COc1ccccc1NC(=O)C(=O)Nc1ccc(I)cc1. The summed E-state index contributed by atoms with van der Waals surface area (Å²) in [7, 11) is 1.50. The molecule has 0 radical (unpaired) electrons. The topological polar surface area (TPSA) is 67.4 Å². The molecule has 2 aromatic rings. The Morgan fingerprint density at radius 2 is 1.57 bits per heavy atom. The Labute approximate surface area is 135 Å². The molecule has 6 heteroatoms. The normalized spacial score (nSPS) is 9.81. The van der Waals surface area contributed by atoms with Crippen molar-refractivity contribution in [2.45, 2.75) is 0 Å². The third kappa shape index (κ3) is 4.19. The minimum absolute atomic E-state index is 0.447. The van der Waals surface area contributed by atoms with Gasteiger partial charge in [0.15, 0.2) is 0 Å². The highest BCUT2D eigenvalue weighted by Crippen LogP contribution is 2.22. The third-order valence-electron chi connectivity index (χ3n) is 2.66. The highest BCUT2D eigenvalue weighted by molar-refractivity contribution is 14.1. The van der Waals surface area contributed by atoms with Crippen molar-refractivity contribution in [3.63, 3.8) is 0 Å². The maximum Gasteiger partial charge on any atom is 0.314 e. The van der Waals surface area contributed by atoms with E-state index in [0.29, 0.717) is 17.1 Å². The third-order valence-corrected chi connectivity index (χ3v) is 3.38. The van der Waals surface area contributed by atoms with Crippen LogP contribution in [0.4, 0.5) is 11.4 Å². The minimum Gasteiger partial charge on any atom is -0.495 e. The zero-order valence-electron chi connectivity index (χ0n) is 11.2. The molecule has 0 saturated heterocycles. The molecule has 2 aromatic carbocycles. The molecule has 0 aliphatic rings. The monoisotopic (exact) mass is 396 g/mol. The number of para-hydroxylation sites is 2. The summed E-state index contributed by atoms with van der Waals surface area (Å²) in [5.41, 5.74) is 1.01. The van der Waals surface area contributed by atoms with Crippen LogP contribution in [0, 0.1) is 3.57 Å². The number of rotatable bonds is 3. The molecule has 2 amide bonds. The fourth-order valence-corrected chi connectivity index (χ4v) is 2.01. The standard InChI is InChI=1S/C15H13IN2O3/c1-21-13-5-3-2-4-12(13)18-15(20)14(19)17-11-8-6-10(16)7-9-11/h2-9H,1H3,(H,17,19)(H,18,20). The zero-order valence-corrected chi connectivity index (χ0v) is 13.4. The quantitative estimate of drug-likeness (QED) is 0.620. The molecule has 21 heavy (non-hydrogen) atoms. The molecule has 2 rings (SSSR count). The van der Waals surface area contributed by atoms with Gasteiger partial charge in [0.05, 0.1) is 12.8 Å². The Kier molecular flexibility index (Phi) is 5.15. The molecule has 0 spiro atoms. The van der Waals surface area contributed by atoms with Crippen LogP contribution in [-0.4, -0.2) is 18.9 Å². The molecular formula is C15H13IN2O3. The average molecular weight is 396 g/mol. The molecule has 0 fully saturated rings. The highest BCUT2D eigenvalue weighted by atomic mass is 127. The second-order valence-corrected chi connectivity index (χ2v) is 5.36. The molecule has 0 bridgehead atoms. The molecule has 0 aliphatic carbocycles. The van der Waals surface area contributed by atoms with E-state index < -0.39 is 11.8 Å². The first-order valence-corrected chi connectivity index (χ1v) is 7.19. The number of carbonyl (C=O) groups excluding carboxylic acids is 2. The molecule has 0 atom stereocenters. The van der Waals surface area contributed by atoms with Crippen LogP contribution in [0.3, 0.4) is 0 Å². The maximum atomic E-state index is 11.9. The summed E-state index contributed by atoms with van der Waals surface area (Å²) in [5, 5.41) is 5.05. The number of benzene rings is 2. The first-order valence-electron chi connectivity index (χ1n) is 6.11. The second-order valence-electron chi connectivity index (χ2n) is 4.12. The van der Waals surface area contributed by atoms with Gasteiger partial charge in [-0.25, -0.2) is 0 Å². The van der Waals surface area contributed by atoms with Crippen molar-refractivity contribution in [2.75, 3.05) is 17.7 Å². The van der Waals surface area contributed by atoms with E-state index in [1.165, 1.54) is 7.11 Å². The smallest absolute Gasteiger partial charge is 0.314 e. The summed E-state index contributed by atoms with van der Waals surface area (Å²) in [6, 6.07) is 14.0. The fraction of sp³-hybridized carbons (Fsp3) is 0.0667. The minimum atomic E-state index is -0.752. The Morgan fingerprint density at radius 1 is 0.952 bits per heavy atom. The molecule has 0 aliphatic heterocycles. The van der Waals surface area contributed by atoms with Crippen LogP contribution in [-0.2, 0) is 9.59 Å². The lowest BCUT2D eigenvalue weighted by Gasteiger charge is -2.10. The number of nitrogens with one attached hydrogen (secondary N) is 2. The summed E-state index contributed by atoms with van der Waals surface area (Å²) in [6.45, 7) is 0. The fourth-order valence-electron chi connectivity index (χ4n) is 1.65. The van der Waals surface area contributed by atoms with Gasteiger partial charge in [-0.05, 0) is 59.0 Å². The lowest BCUT2D eigenvalue weighted by atomic mass is 10.3. The summed E-state index contributed by atoms with van der Waals surface area (Å²) in [4.78, 5) is 23.7. The Hall–Kier alpha value is -2.09. The summed E-state index contributed by atoms with van der Waals surface area (Å²) in [5.74, 6) is -0.993. The van der Waals surface area contributed by atoms with Crippen LogP contribution in [0.1, 0.15) is 0 Å². The van der Waals surface area contributed by atoms with Gasteiger partial charge in [0.2, 0.25) is 0 Å². The largest absolute Gasteiger partial charge is 0.495 e. The van der Waals surface area contributed by atoms with Crippen molar-refractivity contribution in [2.24, 2.45) is 0 Å². The van der Waals surface area contributed by atoms with Crippen molar-refractivity contribution in [1.82, 2.24) is 0 Å². The van der Waals surface area contributed by atoms with Gasteiger partial charge in [-0.3, -0.25) is 9.59 Å². The second kappa shape index (κ2) is 7.07. The number of hydrogen-bond donors (Lipinski definition) is 2. The Balaban J connectivity index is 2.02. The molecule has 5 nitrogen and oxygen atoms in total. The molecule has 0 saturated carbocycles. The Morgan fingerprint density at radius 3 is 2.24 bits per heavy atom. The van der Waals surface area contributed by atoms with Gasteiger partial charge in [0.25, 0.3) is 0 Å². The lowest BCUT2D eigenvalue weighted by molar-refractivity contribution is -0.133. The van der Waals surface area contributed by atoms with Crippen molar-refractivity contribution >= 4 is 45.8 Å². The number of anilines is 2. The summed E-state index contributed by atoms with van der Waals surface area (Å²) >= 11 is 2.16. The molecule has 0 aromatic heterocycles. The number of hydrogen-bond acceptors (Lipinski definition) is 3. The van der Waals surface area contributed by atoms with Crippen molar-refractivity contribution in [3.8, 4) is 5.75 Å². The van der Waals surface area contributed by atoms with Crippen molar-refractivity contribution in [1.29, 1.82) is 0 Å². The predicted molar refractivity (Wildman–Crippen MR) is 89.4 cm³/mol. The molecular weight excluding hydrogens is 383 g/mol. The highest BCUT2D eigenvalue weighted by Gasteiger charge is 2.15. The van der Waals surface area contributed by atoms with E-state index in [2.05, 4.69) is 33.2 Å². The van der Waals surface area contributed by atoms with Crippen LogP contribution < -0.4 is 15.4 Å². The van der Waals surface area contributed by atoms with Gasteiger partial charge < -0.3 is 15.4 Å². The average Bonchev–Trinajstić information content (AvgIpc) is 2.50. The first-order chi connectivity index (χ1) is 10.1. The number of amides is 2. The number of methoxy groups -OCH3 is 1.